The molecule has 2 unspecified atom stereocenters. The van der Waals surface area contributed by atoms with Crippen LogP contribution in [0.25, 0.3) is 0 Å². The molecule has 1 aromatic carbocycles. The highest BCUT2D eigenvalue weighted by molar-refractivity contribution is 5.78. The smallest absolute Gasteiger partial charge is 0.234 e. The van der Waals surface area contributed by atoms with Crippen LogP contribution in [0.4, 0.5) is 0 Å². The molecule has 2 heterocycles. The standard InChI is InChI=1S/C20H28N4O2/c1-15(2)22-20(25)14-23-12-17-5-6-18(13-23)24(17)9-10-26-19-7-3-16(11-21)4-8-19/h3-4,7-8,15,17-18H,5-6,9-10,12-14H2,1-2H3,(H,22,25). The van der Waals surface area contributed by atoms with Gasteiger partial charge in [-0.3, -0.25) is 14.6 Å². The number of hydrogen-bond donors (Lipinski definition) is 1. The molecule has 2 fully saturated rings. The van der Waals surface area contributed by atoms with Gasteiger partial charge < -0.3 is 10.1 Å². The van der Waals surface area contributed by atoms with Crippen LogP contribution in [0.15, 0.2) is 24.3 Å². The Balaban J connectivity index is 1.44. The SMILES string of the molecule is CC(C)NC(=O)CN1CC2CCC(C1)N2CCOc1ccc(C#N)cc1. The number of amides is 1. The molecule has 140 valence electrons. The van der Waals surface area contributed by atoms with E-state index in [1.54, 1.807) is 12.1 Å². The number of piperazine rings is 1. The second-order valence-corrected chi connectivity index (χ2v) is 7.52. The molecule has 6 heteroatoms. The van der Waals surface area contributed by atoms with Crippen molar-refractivity contribution in [2.75, 3.05) is 32.8 Å². The number of ether oxygens (including phenoxy) is 1. The van der Waals surface area contributed by atoms with Crippen molar-refractivity contribution in [2.24, 2.45) is 0 Å². The van der Waals surface area contributed by atoms with Gasteiger partial charge in [0.15, 0.2) is 0 Å². The zero-order valence-electron chi connectivity index (χ0n) is 15.6. The third-order valence-corrected chi connectivity index (χ3v) is 5.13. The lowest BCUT2D eigenvalue weighted by Crippen LogP contribution is -2.56. The first-order valence-corrected chi connectivity index (χ1v) is 9.45. The largest absolute Gasteiger partial charge is 0.492 e. The molecule has 0 aliphatic carbocycles. The van der Waals surface area contributed by atoms with Gasteiger partial charge in [0.25, 0.3) is 0 Å². The first-order valence-electron chi connectivity index (χ1n) is 9.45. The molecule has 6 nitrogen and oxygen atoms in total. The second-order valence-electron chi connectivity index (χ2n) is 7.52. The molecule has 2 bridgehead atoms. The molecule has 1 N–H and O–H groups in total. The van der Waals surface area contributed by atoms with Gasteiger partial charge in [-0.2, -0.15) is 5.26 Å². The average Bonchev–Trinajstić information content (AvgIpc) is 2.84. The summed E-state index contributed by atoms with van der Waals surface area (Å²) in [5, 5.41) is 11.8. The van der Waals surface area contributed by atoms with Crippen molar-refractivity contribution in [1.29, 1.82) is 5.26 Å². The summed E-state index contributed by atoms with van der Waals surface area (Å²) in [5.74, 6) is 0.928. The molecule has 2 aliphatic heterocycles. The Morgan fingerprint density at radius 1 is 1.27 bits per heavy atom. The van der Waals surface area contributed by atoms with Gasteiger partial charge in [-0.25, -0.2) is 0 Å². The van der Waals surface area contributed by atoms with Crippen LogP contribution in [0, 0.1) is 11.3 Å². The van der Waals surface area contributed by atoms with Crippen LogP contribution >= 0.6 is 0 Å². The van der Waals surface area contributed by atoms with Crippen LogP contribution in [-0.2, 0) is 4.79 Å². The molecule has 3 rings (SSSR count). The number of carbonyl (C=O) groups excluding carboxylic acids is 1. The summed E-state index contributed by atoms with van der Waals surface area (Å²) >= 11 is 0. The van der Waals surface area contributed by atoms with Crippen LogP contribution in [0.2, 0.25) is 0 Å². The minimum atomic E-state index is 0.122. The summed E-state index contributed by atoms with van der Waals surface area (Å²) in [6.07, 6.45) is 2.40. The number of nitriles is 1. The number of likely N-dealkylation sites (tertiary alicyclic amines) is 1. The number of nitrogens with zero attached hydrogens (tertiary/aromatic N) is 3. The topological polar surface area (TPSA) is 68.6 Å². The van der Waals surface area contributed by atoms with Crippen LogP contribution < -0.4 is 10.1 Å². The summed E-state index contributed by atoms with van der Waals surface area (Å²) < 4.78 is 5.84. The van der Waals surface area contributed by atoms with Gasteiger partial charge in [0, 0.05) is 37.8 Å². The average molecular weight is 356 g/mol. The van der Waals surface area contributed by atoms with Gasteiger partial charge in [-0.1, -0.05) is 0 Å². The molecular weight excluding hydrogens is 328 g/mol. The van der Waals surface area contributed by atoms with E-state index in [9.17, 15) is 4.79 Å². The van der Waals surface area contributed by atoms with Gasteiger partial charge in [0.2, 0.25) is 5.91 Å². The summed E-state index contributed by atoms with van der Waals surface area (Å²) in [6, 6.07) is 10.6. The highest BCUT2D eigenvalue weighted by atomic mass is 16.5. The lowest BCUT2D eigenvalue weighted by atomic mass is 10.2. The Hall–Kier alpha value is -2.10. The van der Waals surface area contributed by atoms with Gasteiger partial charge in [-0.05, 0) is 51.0 Å². The number of fused-ring (bicyclic) bond motifs is 2. The molecule has 2 atom stereocenters. The highest BCUT2D eigenvalue weighted by Crippen LogP contribution is 2.29. The highest BCUT2D eigenvalue weighted by Gasteiger charge is 2.39. The Morgan fingerprint density at radius 2 is 1.92 bits per heavy atom. The third-order valence-electron chi connectivity index (χ3n) is 5.13. The summed E-state index contributed by atoms with van der Waals surface area (Å²) in [6.45, 7) is 7.95. The first kappa shape index (κ1) is 18.7. The van der Waals surface area contributed by atoms with Crippen molar-refractivity contribution in [1.82, 2.24) is 15.1 Å². The zero-order chi connectivity index (χ0) is 18.5. The lowest BCUT2D eigenvalue weighted by molar-refractivity contribution is -0.123. The van der Waals surface area contributed by atoms with E-state index in [1.807, 2.05) is 26.0 Å². The van der Waals surface area contributed by atoms with Crippen LogP contribution in [0.1, 0.15) is 32.3 Å². The van der Waals surface area contributed by atoms with Gasteiger partial charge in [-0.15, -0.1) is 0 Å². The van der Waals surface area contributed by atoms with Crippen LogP contribution in [-0.4, -0.2) is 66.6 Å². The zero-order valence-corrected chi connectivity index (χ0v) is 15.6. The fourth-order valence-corrected chi connectivity index (χ4v) is 4.04. The molecule has 2 aliphatic rings. The van der Waals surface area contributed by atoms with Crippen molar-refractivity contribution in [3.05, 3.63) is 29.8 Å². The predicted octanol–water partition coefficient (Wildman–Crippen LogP) is 1.61. The minimum absolute atomic E-state index is 0.122. The Kier molecular flexibility index (Phi) is 6.12. The van der Waals surface area contributed by atoms with Crippen LogP contribution in [0.3, 0.4) is 0 Å². The van der Waals surface area contributed by atoms with Gasteiger partial charge in [0.1, 0.15) is 12.4 Å². The van der Waals surface area contributed by atoms with E-state index in [0.717, 1.165) is 25.4 Å². The van der Waals surface area contributed by atoms with E-state index in [1.165, 1.54) is 12.8 Å². The van der Waals surface area contributed by atoms with E-state index in [2.05, 4.69) is 21.2 Å². The van der Waals surface area contributed by atoms with E-state index in [-0.39, 0.29) is 11.9 Å². The van der Waals surface area contributed by atoms with Gasteiger partial charge in [0.05, 0.1) is 18.2 Å². The van der Waals surface area contributed by atoms with Crippen molar-refractivity contribution >= 4 is 5.91 Å². The molecular formula is C20H28N4O2. The van der Waals surface area contributed by atoms with Crippen LogP contribution in [0.5, 0.6) is 5.75 Å². The molecule has 1 amide bonds. The predicted molar refractivity (Wildman–Crippen MR) is 99.9 cm³/mol. The van der Waals surface area contributed by atoms with E-state index in [4.69, 9.17) is 10.00 Å². The van der Waals surface area contributed by atoms with Crippen molar-refractivity contribution in [3.63, 3.8) is 0 Å². The molecule has 0 aromatic heterocycles. The second kappa shape index (κ2) is 8.52. The Bertz CT molecular complexity index is 639. The Labute approximate surface area is 155 Å². The molecule has 0 radical (unpaired) electrons. The summed E-state index contributed by atoms with van der Waals surface area (Å²) in [7, 11) is 0. The third kappa shape index (κ3) is 4.75. The minimum Gasteiger partial charge on any atom is -0.492 e. The number of carbonyl (C=O) groups is 1. The molecule has 0 saturated carbocycles. The summed E-state index contributed by atoms with van der Waals surface area (Å²) in [4.78, 5) is 16.8. The Morgan fingerprint density at radius 3 is 2.50 bits per heavy atom. The number of hydrogen-bond acceptors (Lipinski definition) is 5. The maximum absolute atomic E-state index is 12.0. The fraction of sp³-hybridized carbons (Fsp3) is 0.600. The lowest BCUT2D eigenvalue weighted by Gasteiger charge is -2.40. The van der Waals surface area contributed by atoms with Crippen molar-refractivity contribution < 1.29 is 9.53 Å². The summed E-state index contributed by atoms with van der Waals surface area (Å²) in [5.41, 5.74) is 0.646. The number of nitrogens with one attached hydrogen (secondary N) is 1. The van der Waals surface area contributed by atoms with E-state index in [0.29, 0.717) is 30.8 Å². The molecule has 26 heavy (non-hydrogen) atoms. The van der Waals surface area contributed by atoms with Gasteiger partial charge >= 0.3 is 0 Å². The molecule has 2 saturated heterocycles. The first-order chi connectivity index (χ1) is 12.5. The normalized spacial score (nSPS) is 23.0. The monoisotopic (exact) mass is 356 g/mol. The quantitative estimate of drug-likeness (QED) is 0.804. The van der Waals surface area contributed by atoms with Crippen molar-refractivity contribution in [3.8, 4) is 11.8 Å². The van der Waals surface area contributed by atoms with E-state index >= 15 is 0 Å². The fourth-order valence-electron chi connectivity index (χ4n) is 4.04. The van der Waals surface area contributed by atoms with E-state index < -0.39 is 0 Å². The number of benzene rings is 1. The maximum atomic E-state index is 12.0. The molecule has 0 spiro atoms. The molecule has 1 aromatic rings. The van der Waals surface area contributed by atoms with Crippen molar-refractivity contribution in [2.45, 2.75) is 44.8 Å². The number of rotatable bonds is 7. The maximum Gasteiger partial charge on any atom is 0.234 e.